The van der Waals surface area contributed by atoms with Crippen LogP contribution < -0.4 is 9.62 Å². The highest BCUT2D eigenvalue weighted by Gasteiger charge is 2.19. The molecule has 0 spiro atoms. The molecule has 0 fully saturated rings. The second-order valence-corrected chi connectivity index (χ2v) is 10.5. The topological polar surface area (TPSA) is 66.5 Å². The van der Waals surface area contributed by atoms with Gasteiger partial charge in [-0.3, -0.25) is 9.10 Å². The molecule has 1 heterocycles. The molecule has 3 aromatic carbocycles. The molecule has 1 N–H and O–H groups in total. The zero-order valence-corrected chi connectivity index (χ0v) is 19.0. The molecule has 0 atom stereocenters. The molecule has 0 radical (unpaired) electrons. The molecule has 1 amide bonds. The van der Waals surface area contributed by atoms with Crippen molar-refractivity contribution in [3.63, 3.8) is 0 Å². The van der Waals surface area contributed by atoms with E-state index in [4.69, 9.17) is 11.6 Å². The third kappa shape index (κ3) is 5.07. The Labute approximate surface area is 189 Å². The molecular formula is C23H19ClN2O3S2. The highest BCUT2D eigenvalue weighted by atomic mass is 35.5. The average molecular weight is 471 g/mol. The summed E-state index contributed by atoms with van der Waals surface area (Å²) in [5.74, 6) is -0.227. The van der Waals surface area contributed by atoms with E-state index in [-0.39, 0.29) is 12.5 Å². The molecule has 0 bridgehead atoms. The molecule has 8 heteroatoms. The number of carbonyl (C=O) groups excluding carboxylic acids is 1. The maximum Gasteiger partial charge on any atom is 0.265 e. The standard InChI is InChI=1S/C23H19ClN2O3S2/c1-31(28,29)26(15-16-5-3-2-4-6-16)20-11-12-21-17(13-20)14-22(30-21)23(27)25-19-9-7-18(24)8-10-19/h2-14H,15H2,1H3,(H,25,27). The van der Waals surface area contributed by atoms with Gasteiger partial charge in [0.05, 0.1) is 23.4 Å². The van der Waals surface area contributed by atoms with Gasteiger partial charge in [0.1, 0.15) is 0 Å². The summed E-state index contributed by atoms with van der Waals surface area (Å²) >= 11 is 7.24. The molecule has 1 aromatic heterocycles. The van der Waals surface area contributed by atoms with Crippen molar-refractivity contribution >= 4 is 60.3 Å². The molecule has 31 heavy (non-hydrogen) atoms. The largest absolute Gasteiger partial charge is 0.321 e. The van der Waals surface area contributed by atoms with Gasteiger partial charge in [0.2, 0.25) is 10.0 Å². The van der Waals surface area contributed by atoms with E-state index in [1.165, 1.54) is 21.9 Å². The summed E-state index contributed by atoms with van der Waals surface area (Å²) in [6, 6.07) is 23.5. The van der Waals surface area contributed by atoms with E-state index in [0.717, 1.165) is 15.6 Å². The summed E-state index contributed by atoms with van der Waals surface area (Å²) in [7, 11) is -3.49. The predicted octanol–water partition coefficient (Wildman–Crippen LogP) is 5.77. The number of thiophene rings is 1. The van der Waals surface area contributed by atoms with Crippen molar-refractivity contribution in [2.45, 2.75) is 6.54 Å². The smallest absolute Gasteiger partial charge is 0.265 e. The SMILES string of the molecule is CS(=O)(=O)N(Cc1ccccc1)c1ccc2sc(C(=O)Nc3ccc(Cl)cc3)cc2c1. The molecule has 0 aliphatic carbocycles. The van der Waals surface area contributed by atoms with E-state index in [1.54, 1.807) is 42.5 Å². The molecule has 0 saturated heterocycles. The first-order valence-electron chi connectivity index (χ1n) is 9.42. The quantitative estimate of drug-likeness (QED) is 0.388. The van der Waals surface area contributed by atoms with Gasteiger partial charge in [0, 0.05) is 15.4 Å². The molecule has 5 nitrogen and oxygen atoms in total. The van der Waals surface area contributed by atoms with Gasteiger partial charge in [-0.2, -0.15) is 0 Å². The minimum atomic E-state index is -3.49. The van der Waals surface area contributed by atoms with Gasteiger partial charge in [0.25, 0.3) is 5.91 Å². The molecule has 158 valence electrons. The number of rotatable bonds is 6. The Hall–Kier alpha value is -2.87. The molecule has 0 aliphatic rings. The summed E-state index contributed by atoms with van der Waals surface area (Å²) in [6.07, 6.45) is 1.19. The first kappa shape index (κ1) is 21.4. The van der Waals surface area contributed by atoms with Gasteiger partial charge in [-0.15, -0.1) is 11.3 Å². The van der Waals surface area contributed by atoms with Crippen molar-refractivity contribution in [1.29, 1.82) is 0 Å². The highest BCUT2D eigenvalue weighted by Crippen LogP contribution is 2.31. The summed E-state index contributed by atoms with van der Waals surface area (Å²) in [4.78, 5) is 13.2. The van der Waals surface area contributed by atoms with Crippen LogP contribution >= 0.6 is 22.9 Å². The number of amides is 1. The Balaban J connectivity index is 1.62. The number of benzene rings is 3. The average Bonchev–Trinajstić information content (AvgIpc) is 3.17. The normalized spacial score (nSPS) is 11.4. The van der Waals surface area contributed by atoms with Crippen molar-refractivity contribution in [1.82, 2.24) is 0 Å². The zero-order chi connectivity index (χ0) is 22.0. The van der Waals surface area contributed by atoms with Crippen LogP contribution in [0.15, 0.2) is 78.9 Å². The van der Waals surface area contributed by atoms with Gasteiger partial charge >= 0.3 is 0 Å². The van der Waals surface area contributed by atoms with E-state index < -0.39 is 10.0 Å². The van der Waals surface area contributed by atoms with Gasteiger partial charge in [-0.1, -0.05) is 41.9 Å². The fourth-order valence-corrected chi connectivity index (χ4v) is 5.12. The lowest BCUT2D eigenvalue weighted by Crippen LogP contribution is -2.29. The van der Waals surface area contributed by atoms with Crippen LogP contribution in [0.25, 0.3) is 10.1 Å². The van der Waals surface area contributed by atoms with E-state index in [9.17, 15) is 13.2 Å². The fraction of sp³-hybridized carbons (Fsp3) is 0.0870. The molecule has 4 rings (SSSR count). The molecular weight excluding hydrogens is 452 g/mol. The Morgan fingerprint density at radius 1 is 1.00 bits per heavy atom. The number of sulfonamides is 1. The van der Waals surface area contributed by atoms with E-state index in [2.05, 4.69) is 5.32 Å². The van der Waals surface area contributed by atoms with Crippen molar-refractivity contribution in [3.8, 4) is 0 Å². The van der Waals surface area contributed by atoms with Crippen LogP contribution in [0.1, 0.15) is 15.2 Å². The van der Waals surface area contributed by atoms with Crippen molar-refractivity contribution in [3.05, 3.63) is 94.3 Å². The van der Waals surface area contributed by atoms with Gasteiger partial charge in [-0.05, 0) is 59.5 Å². The van der Waals surface area contributed by atoms with Crippen LogP contribution in [0.4, 0.5) is 11.4 Å². The van der Waals surface area contributed by atoms with Crippen molar-refractivity contribution < 1.29 is 13.2 Å². The van der Waals surface area contributed by atoms with E-state index in [0.29, 0.717) is 21.3 Å². The van der Waals surface area contributed by atoms with Gasteiger partial charge in [0.15, 0.2) is 0 Å². The van der Waals surface area contributed by atoms with Crippen LogP contribution in [-0.4, -0.2) is 20.6 Å². The van der Waals surface area contributed by atoms with Crippen molar-refractivity contribution in [2.75, 3.05) is 15.9 Å². The molecule has 4 aromatic rings. The van der Waals surface area contributed by atoms with Crippen molar-refractivity contribution in [2.24, 2.45) is 0 Å². The number of hydrogen-bond donors (Lipinski definition) is 1. The monoisotopic (exact) mass is 470 g/mol. The minimum absolute atomic E-state index is 0.227. The van der Waals surface area contributed by atoms with Gasteiger partial charge in [-0.25, -0.2) is 8.42 Å². The number of halogens is 1. The Kier molecular flexibility index (Phi) is 6.00. The minimum Gasteiger partial charge on any atom is -0.321 e. The number of anilines is 2. The fourth-order valence-electron chi connectivity index (χ4n) is 3.17. The summed E-state index contributed by atoms with van der Waals surface area (Å²) in [5.41, 5.74) is 2.10. The second-order valence-electron chi connectivity index (χ2n) is 7.05. The van der Waals surface area contributed by atoms with E-state index in [1.807, 2.05) is 36.4 Å². The summed E-state index contributed by atoms with van der Waals surface area (Å²) in [5, 5.41) is 4.25. The van der Waals surface area contributed by atoms with Gasteiger partial charge < -0.3 is 5.32 Å². The Morgan fingerprint density at radius 2 is 1.71 bits per heavy atom. The van der Waals surface area contributed by atoms with Crippen LogP contribution in [-0.2, 0) is 16.6 Å². The zero-order valence-electron chi connectivity index (χ0n) is 16.6. The summed E-state index contributed by atoms with van der Waals surface area (Å²) in [6.45, 7) is 0.235. The molecule has 0 unspecified atom stereocenters. The number of nitrogens with one attached hydrogen (secondary N) is 1. The van der Waals surface area contributed by atoms with E-state index >= 15 is 0 Å². The molecule has 0 aliphatic heterocycles. The first-order chi connectivity index (χ1) is 14.8. The molecule has 0 saturated carbocycles. The lowest BCUT2D eigenvalue weighted by Gasteiger charge is -2.22. The van der Waals surface area contributed by atoms with Crippen LogP contribution in [0.5, 0.6) is 0 Å². The third-order valence-electron chi connectivity index (χ3n) is 4.68. The number of carbonyl (C=O) groups is 1. The predicted molar refractivity (Wildman–Crippen MR) is 129 cm³/mol. The maximum absolute atomic E-state index is 12.6. The number of nitrogens with zero attached hydrogens (tertiary/aromatic N) is 1. The van der Waals surface area contributed by atoms with Crippen LogP contribution in [0.2, 0.25) is 5.02 Å². The van der Waals surface area contributed by atoms with Crippen LogP contribution in [0, 0.1) is 0 Å². The first-order valence-corrected chi connectivity index (χ1v) is 12.5. The lowest BCUT2D eigenvalue weighted by molar-refractivity contribution is 0.103. The number of fused-ring (bicyclic) bond motifs is 1. The Morgan fingerprint density at radius 3 is 2.39 bits per heavy atom. The van der Waals surface area contributed by atoms with Crippen LogP contribution in [0.3, 0.4) is 0 Å². The number of hydrogen-bond acceptors (Lipinski definition) is 4. The maximum atomic E-state index is 12.6. The Bertz CT molecular complexity index is 1330. The highest BCUT2D eigenvalue weighted by molar-refractivity contribution is 7.92. The lowest BCUT2D eigenvalue weighted by atomic mass is 10.2. The third-order valence-corrected chi connectivity index (χ3v) is 7.19. The second kappa shape index (κ2) is 8.70. The summed E-state index contributed by atoms with van der Waals surface area (Å²) < 4.78 is 27.2.